The van der Waals surface area contributed by atoms with Gasteiger partial charge in [0.15, 0.2) is 15.8 Å². The number of benzene rings is 2. The molecule has 2 amide bonds. The minimum atomic E-state index is -0.353. The van der Waals surface area contributed by atoms with Crippen LogP contribution in [0.4, 0.5) is 10.8 Å². The quantitative estimate of drug-likeness (QED) is 0.252. The normalized spacial score (nSPS) is 10.6. The zero-order valence-electron chi connectivity index (χ0n) is 18.2. The summed E-state index contributed by atoms with van der Waals surface area (Å²) in [7, 11) is 4.67. The van der Waals surface area contributed by atoms with E-state index in [0.717, 1.165) is 5.56 Å². The molecule has 3 aromatic rings. The molecule has 0 saturated carbocycles. The van der Waals surface area contributed by atoms with E-state index in [-0.39, 0.29) is 17.6 Å². The number of methoxy groups -OCH3 is 3. The van der Waals surface area contributed by atoms with Crippen molar-refractivity contribution in [1.29, 1.82) is 0 Å². The lowest BCUT2D eigenvalue weighted by Crippen LogP contribution is -2.13. The van der Waals surface area contributed by atoms with Crippen molar-refractivity contribution in [2.75, 3.05) is 37.7 Å². The minimum absolute atomic E-state index is 0.152. The van der Waals surface area contributed by atoms with Crippen molar-refractivity contribution in [3.8, 4) is 17.2 Å². The summed E-state index contributed by atoms with van der Waals surface area (Å²) in [4.78, 5) is 24.4. The molecule has 0 spiro atoms. The van der Waals surface area contributed by atoms with Crippen LogP contribution in [0.25, 0.3) is 6.08 Å². The summed E-state index contributed by atoms with van der Waals surface area (Å²) in [5.41, 5.74) is 1.42. The summed E-state index contributed by atoms with van der Waals surface area (Å²) in [5.74, 6) is 1.45. The number of nitrogens with one attached hydrogen (secondary N) is 2. The lowest BCUT2D eigenvalue weighted by Gasteiger charge is -2.07. The van der Waals surface area contributed by atoms with Crippen LogP contribution >= 0.6 is 23.1 Å². The van der Waals surface area contributed by atoms with E-state index < -0.39 is 0 Å². The van der Waals surface area contributed by atoms with Gasteiger partial charge >= 0.3 is 0 Å². The number of rotatable bonds is 10. The van der Waals surface area contributed by atoms with Gasteiger partial charge in [-0.25, -0.2) is 0 Å². The Hall–Kier alpha value is -3.57. The Labute approximate surface area is 199 Å². The van der Waals surface area contributed by atoms with Crippen molar-refractivity contribution in [2.24, 2.45) is 0 Å². The molecule has 1 heterocycles. The fourth-order valence-corrected chi connectivity index (χ4v) is 4.17. The molecule has 0 aliphatic heterocycles. The number of thioether (sulfide) groups is 1. The molecule has 0 aliphatic rings. The maximum atomic E-state index is 12.2. The summed E-state index contributed by atoms with van der Waals surface area (Å²) in [6.45, 7) is 0. The number of anilines is 2. The predicted molar refractivity (Wildman–Crippen MR) is 129 cm³/mol. The van der Waals surface area contributed by atoms with Crippen LogP contribution in [0.5, 0.6) is 17.2 Å². The maximum Gasteiger partial charge on any atom is 0.250 e. The predicted octanol–water partition coefficient (Wildman–Crippen LogP) is 3.95. The number of carbonyl (C=O) groups is 2. The summed E-state index contributed by atoms with van der Waals surface area (Å²) in [5, 5.41) is 13.7. The van der Waals surface area contributed by atoms with Gasteiger partial charge in [-0.05, 0) is 35.9 Å². The first-order chi connectivity index (χ1) is 16.0. The van der Waals surface area contributed by atoms with Crippen LogP contribution in [0, 0.1) is 0 Å². The van der Waals surface area contributed by atoms with Crippen molar-refractivity contribution >= 4 is 51.8 Å². The van der Waals surface area contributed by atoms with Crippen LogP contribution < -0.4 is 24.8 Å². The van der Waals surface area contributed by atoms with E-state index in [0.29, 0.717) is 32.4 Å². The Balaban J connectivity index is 1.49. The van der Waals surface area contributed by atoms with Crippen LogP contribution in [-0.4, -0.2) is 49.1 Å². The van der Waals surface area contributed by atoms with Gasteiger partial charge in [-0.1, -0.05) is 35.2 Å². The van der Waals surface area contributed by atoms with Crippen LogP contribution in [0.3, 0.4) is 0 Å². The summed E-state index contributed by atoms with van der Waals surface area (Å²) in [6.07, 6.45) is 3.04. The zero-order valence-corrected chi connectivity index (χ0v) is 19.8. The fourth-order valence-electron chi connectivity index (χ4n) is 2.62. The van der Waals surface area contributed by atoms with E-state index in [2.05, 4.69) is 20.8 Å². The highest BCUT2D eigenvalue weighted by atomic mass is 32.2. The van der Waals surface area contributed by atoms with Gasteiger partial charge < -0.3 is 19.5 Å². The molecular weight excluding hydrogens is 464 g/mol. The highest BCUT2D eigenvalue weighted by molar-refractivity contribution is 8.01. The molecule has 33 heavy (non-hydrogen) atoms. The van der Waals surface area contributed by atoms with E-state index in [9.17, 15) is 9.59 Å². The molecule has 0 saturated heterocycles. The third-order valence-electron chi connectivity index (χ3n) is 4.15. The van der Waals surface area contributed by atoms with Gasteiger partial charge in [-0.2, -0.15) is 0 Å². The first-order valence-corrected chi connectivity index (χ1v) is 11.4. The van der Waals surface area contributed by atoms with Crippen molar-refractivity contribution < 1.29 is 23.8 Å². The van der Waals surface area contributed by atoms with E-state index in [1.807, 2.05) is 0 Å². The number of aromatic nitrogens is 2. The molecule has 2 N–H and O–H groups in total. The second-order valence-corrected chi connectivity index (χ2v) is 8.58. The van der Waals surface area contributed by atoms with Crippen LogP contribution in [0.1, 0.15) is 5.56 Å². The van der Waals surface area contributed by atoms with Crippen LogP contribution in [-0.2, 0) is 9.59 Å². The number of ether oxygens (including phenoxy) is 3. The topological polar surface area (TPSA) is 112 Å². The first-order valence-electron chi connectivity index (χ1n) is 9.62. The van der Waals surface area contributed by atoms with Gasteiger partial charge in [0, 0.05) is 17.8 Å². The fraction of sp³-hybridized carbons (Fsp3) is 0.182. The number of carbonyl (C=O) groups excluding carboxylic acids is 2. The molecule has 0 fully saturated rings. The SMILES string of the molecule is COc1cccc(NC(=O)CSc2nnc(NC(=O)/C=C/c3ccc(OC)c(OC)c3)s2)c1. The molecule has 2 aromatic carbocycles. The standard InChI is InChI=1S/C22H22N4O5S2/c1-29-16-6-4-5-15(12-16)23-20(28)13-32-22-26-25-21(33-22)24-19(27)10-8-14-7-9-17(30-2)18(11-14)31-3/h4-12H,13H2,1-3H3,(H,23,28)(H,24,25,27)/b10-8+. The molecule has 0 unspecified atom stereocenters. The third kappa shape index (κ3) is 7.22. The van der Waals surface area contributed by atoms with Gasteiger partial charge in [0.1, 0.15) is 5.75 Å². The highest BCUT2D eigenvalue weighted by Gasteiger charge is 2.10. The van der Waals surface area contributed by atoms with Crippen molar-refractivity contribution in [3.63, 3.8) is 0 Å². The first kappa shape index (κ1) is 24.1. The molecular formula is C22H22N4O5S2. The Bertz CT molecular complexity index is 1150. The molecule has 172 valence electrons. The second-order valence-electron chi connectivity index (χ2n) is 6.38. The van der Waals surface area contributed by atoms with Crippen molar-refractivity contribution in [3.05, 3.63) is 54.1 Å². The van der Waals surface area contributed by atoms with E-state index >= 15 is 0 Å². The molecule has 9 nitrogen and oxygen atoms in total. The van der Waals surface area contributed by atoms with Gasteiger partial charge in [0.25, 0.3) is 0 Å². The lowest BCUT2D eigenvalue weighted by molar-refractivity contribution is -0.114. The maximum absolute atomic E-state index is 12.2. The van der Waals surface area contributed by atoms with Gasteiger partial charge in [-0.15, -0.1) is 10.2 Å². The van der Waals surface area contributed by atoms with Gasteiger partial charge in [0.05, 0.1) is 27.1 Å². The molecule has 0 radical (unpaired) electrons. The number of hydrogen-bond acceptors (Lipinski definition) is 9. The average Bonchev–Trinajstić information content (AvgIpc) is 3.28. The molecule has 11 heteroatoms. The third-order valence-corrected chi connectivity index (χ3v) is 6.12. The van der Waals surface area contributed by atoms with Crippen molar-refractivity contribution in [2.45, 2.75) is 4.34 Å². The van der Waals surface area contributed by atoms with Gasteiger partial charge in [-0.3, -0.25) is 14.9 Å². The number of amides is 2. The van der Waals surface area contributed by atoms with E-state index in [4.69, 9.17) is 14.2 Å². The smallest absolute Gasteiger partial charge is 0.250 e. The second kappa shape index (κ2) is 11.9. The largest absolute Gasteiger partial charge is 0.497 e. The Kier molecular flexibility index (Phi) is 8.67. The summed E-state index contributed by atoms with van der Waals surface area (Å²) < 4.78 is 16.2. The van der Waals surface area contributed by atoms with E-state index in [1.165, 1.54) is 29.2 Å². The van der Waals surface area contributed by atoms with Crippen LogP contribution in [0.15, 0.2) is 52.9 Å². The Morgan fingerprint density at radius 2 is 1.82 bits per heavy atom. The Morgan fingerprint density at radius 3 is 2.58 bits per heavy atom. The van der Waals surface area contributed by atoms with Gasteiger partial charge in [0.2, 0.25) is 16.9 Å². The molecule has 0 bridgehead atoms. The highest BCUT2D eigenvalue weighted by Crippen LogP contribution is 2.28. The lowest BCUT2D eigenvalue weighted by atomic mass is 10.2. The summed E-state index contributed by atoms with van der Waals surface area (Å²) in [6, 6.07) is 12.4. The average molecular weight is 487 g/mol. The minimum Gasteiger partial charge on any atom is -0.497 e. The van der Waals surface area contributed by atoms with Crippen LogP contribution in [0.2, 0.25) is 0 Å². The monoisotopic (exact) mass is 486 g/mol. The zero-order chi connectivity index (χ0) is 23.6. The number of hydrogen-bond donors (Lipinski definition) is 2. The molecule has 0 aliphatic carbocycles. The number of nitrogens with zero attached hydrogens (tertiary/aromatic N) is 2. The Morgan fingerprint density at radius 1 is 1.00 bits per heavy atom. The van der Waals surface area contributed by atoms with E-state index in [1.54, 1.807) is 69.9 Å². The molecule has 3 rings (SSSR count). The molecule has 0 atom stereocenters. The molecule has 1 aromatic heterocycles. The summed E-state index contributed by atoms with van der Waals surface area (Å²) >= 11 is 2.42. The van der Waals surface area contributed by atoms with Crippen molar-refractivity contribution in [1.82, 2.24) is 10.2 Å².